The van der Waals surface area contributed by atoms with Crippen molar-refractivity contribution in [2.24, 2.45) is 5.92 Å². The van der Waals surface area contributed by atoms with Gasteiger partial charge in [-0.15, -0.1) is 0 Å². The molecule has 0 aromatic heterocycles. The molecule has 23 heavy (non-hydrogen) atoms. The molecule has 2 N–H and O–H groups in total. The zero-order valence-corrected chi connectivity index (χ0v) is 14.4. The van der Waals surface area contributed by atoms with Gasteiger partial charge in [-0.3, -0.25) is 4.79 Å². The van der Waals surface area contributed by atoms with E-state index in [1.54, 1.807) is 18.2 Å². The van der Waals surface area contributed by atoms with Crippen LogP contribution in [0.4, 0.5) is 5.69 Å². The fraction of sp³-hybridized carbons (Fsp3) is 0.588. The van der Waals surface area contributed by atoms with Gasteiger partial charge in [0.1, 0.15) is 0 Å². The Hall–Kier alpha value is -1.40. The summed E-state index contributed by atoms with van der Waals surface area (Å²) in [4.78, 5) is 12.3. The van der Waals surface area contributed by atoms with Crippen molar-refractivity contribution >= 4 is 21.6 Å². The van der Waals surface area contributed by atoms with E-state index in [2.05, 4.69) is 10.0 Å². The van der Waals surface area contributed by atoms with Crippen molar-refractivity contribution < 1.29 is 13.2 Å². The Kier molecular flexibility index (Phi) is 4.47. The number of rotatable bonds is 4. The summed E-state index contributed by atoms with van der Waals surface area (Å²) in [7, 11) is -3.54. The Bertz CT molecular complexity index is 707. The van der Waals surface area contributed by atoms with Gasteiger partial charge in [-0.2, -0.15) is 0 Å². The molecule has 0 spiro atoms. The molecule has 1 amide bonds. The van der Waals surface area contributed by atoms with Gasteiger partial charge in [0.2, 0.25) is 15.9 Å². The third kappa shape index (κ3) is 3.28. The van der Waals surface area contributed by atoms with E-state index < -0.39 is 10.0 Å². The summed E-state index contributed by atoms with van der Waals surface area (Å²) >= 11 is 0. The first-order chi connectivity index (χ1) is 10.9. The number of anilines is 1. The van der Waals surface area contributed by atoms with E-state index in [4.69, 9.17) is 0 Å². The van der Waals surface area contributed by atoms with Gasteiger partial charge in [0.05, 0.1) is 10.8 Å². The van der Waals surface area contributed by atoms with Crippen LogP contribution in [0, 0.1) is 5.92 Å². The molecule has 1 aromatic rings. The summed E-state index contributed by atoms with van der Waals surface area (Å²) in [6.45, 7) is 3.95. The summed E-state index contributed by atoms with van der Waals surface area (Å²) in [6.07, 6.45) is 5.13. The fourth-order valence-corrected chi connectivity index (χ4v) is 4.94. The van der Waals surface area contributed by atoms with Crippen LogP contribution in [0.1, 0.15) is 57.4 Å². The molecule has 1 aliphatic heterocycles. The molecule has 126 valence electrons. The van der Waals surface area contributed by atoms with E-state index in [0.717, 1.165) is 36.9 Å². The number of sulfonamides is 1. The average molecular weight is 336 g/mol. The van der Waals surface area contributed by atoms with E-state index in [1.165, 1.54) is 6.42 Å². The summed E-state index contributed by atoms with van der Waals surface area (Å²) in [6, 6.07) is 4.96. The molecule has 0 radical (unpaired) electrons. The van der Waals surface area contributed by atoms with Crippen LogP contribution in [-0.2, 0) is 14.8 Å². The van der Waals surface area contributed by atoms with Crippen LogP contribution in [0.3, 0.4) is 0 Å². The molecule has 2 aliphatic rings. The lowest BCUT2D eigenvalue weighted by molar-refractivity contribution is -0.117. The number of nitrogens with one attached hydrogen (secondary N) is 2. The van der Waals surface area contributed by atoms with Gasteiger partial charge in [-0.05, 0) is 42.5 Å². The molecule has 1 saturated carbocycles. The zero-order valence-electron chi connectivity index (χ0n) is 13.6. The first-order valence-electron chi connectivity index (χ1n) is 8.35. The molecule has 1 aromatic carbocycles. The van der Waals surface area contributed by atoms with Crippen LogP contribution >= 0.6 is 0 Å². The van der Waals surface area contributed by atoms with Gasteiger partial charge in [-0.25, -0.2) is 13.1 Å². The van der Waals surface area contributed by atoms with Crippen molar-refractivity contribution in [2.75, 3.05) is 5.32 Å². The monoisotopic (exact) mass is 336 g/mol. The predicted octanol–water partition coefficient (Wildman–Crippen LogP) is 2.99. The summed E-state index contributed by atoms with van der Waals surface area (Å²) in [5, 5.41) is 2.83. The Labute approximate surface area is 137 Å². The van der Waals surface area contributed by atoms with Gasteiger partial charge in [-0.1, -0.05) is 33.1 Å². The van der Waals surface area contributed by atoms with Crippen LogP contribution in [0.2, 0.25) is 0 Å². The number of carbonyl (C=O) groups excluding carboxylic acids is 1. The normalized spacial score (nSPS) is 22.2. The highest BCUT2D eigenvalue weighted by atomic mass is 32.2. The highest BCUT2D eigenvalue weighted by Gasteiger charge is 2.34. The molecule has 0 unspecified atom stereocenters. The number of hydrogen-bond donors (Lipinski definition) is 2. The summed E-state index contributed by atoms with van der Waals surface area (Å²) < 4.78 is 28.1. The number of carbonyl (C=O) groups is 1. The lowest BCUT2D eigenvalue weighted by atomic mass is 9.90. The maximum absolute atomic E-state index is 12.6. The van der Waals surface area contributed by atoms with Crippen LogP contribution < -0.4 is 10.0 Å². The van der Waals surface area contributed by atoms with Gasteiger partial charge >= 0.3 is 0 Å². The van der Waals surface area contributed by atoms with Crippen LogP contribution in [0.15, 0.2) is 23.1 Å². The van der Waals surface area contributed by atoms with E-state index >= 15 is 0 Å². The maximum Gasteiger partial charge on any atom is 0.240 e. The van der Waals surface area contributed by atoms with Gasteiger partial charge in [0.25, 0.3) is 0 Å². The third-order valence-electron chi connectivity index (χ3n) is 4.80. The molecule has 1 heterocycles. The molecule has 1 aliphatic carbocycles. The largest absolute Gasteiger partial charge is 0.325 e. The Morgan fingerprint density at radius 1 is 1.17 bits per heavy atom. The van der Waals surface area contributed by atoms with Crippen molar-refractivity contribution in [3.05, 3.63) is 23.8 Å². The van der Waals surface area contributed by atoms with Gasteiger partial charge in [0.15, 0.2) is 0 Å². The highest BCUT2D eigenvalue weighted by molar-refractivity contribution is 7.89. The van der Waals surface area contributed by atoms with Crippen LogP contribution in [0.25, 0.3) is 0 Å². The topological polar surface area (TPSA) is 75.3 Å². The number of hydrogen-bond acceptors (Lipinski definition) is 3. The standard InChI is InChI=1S/C17H24N2O3S/c1-11(2)16-14-10-13(8-9-15(14)18-17(16)20)23(21,22)19-12-6-4-3-5-7-12/h8-12,16,19H,3-7H2,1-2H3,(H,18,20)/t16-/m0/s1. The molecule has 1 fully saturated rings. The highest BCUT2D eigenvalue weighted by Crippen LogP contribution is 2.38. The lowest BCUT2D eigenvalue weighted by Gasteiger charge is -2.23. The SMILES string of the molecule is CC(C)[C@@H]1C(=O)Nc2ccc(S(=O)(=O)NC3CCCCC3)cc21. The molecule has 0 bridgehead atoms. The van der Waals surface area contributed by atoms with Gasteiger partial charge < -0.3 is 5.32 Å². The van der Waals surface area contributed by atoms with Crippen molar-refractivity contribution in [3.8, 4) is 0 Å². The second kappa shape index (κ2) is 6.24. The Balaban J connectivity index is 1.88. The summed E-state index contributed by atoms with van der Waals surface area (Å²) in [5.41, 5.74) is 1.52. The Morgan fingerprint density at radius 3 is 2.52 bits per heavy atom. The first-order valence-corrected chi connectivity index (χ1v) is 9.84. The first kappa shape index (κ1) is 16.5. The Morgan fingerprint density at radius 2 is 1.87 bits per heavy atom. The second-order valence-electron chi connectivity index (χ2n) is 6.92. The van der Waals surface area contributed by atoms with Crippen molar-refractivity contribution in [2.45, 2.75) is 62.8 Å². The maximum atomic E-state index is 12.6. The van der Waals surface area contributed by atoms with Crippen LogP contribution in [0.5, 0.6) is 0 Å². The average Bonchev–Trinajstić information content (AvgIpc) is 2.82. The number of fused-ring (bicyclic) bond motifs is 1. The predicted molar refractivity (Wildman–Crippen MR) is 89.8 cm³/mol. The third-order valence-corrected chi connectivity index (χ3v) is 6.32. The molecular weight excluding hydrogens is 312 g/mol. The van der Waals surface area contributed by atoms with E-state index in [9.17, 15) is 13.2 Å². The molecule has 1 atom stereocenters. The van der Waals surface area contributed by atoms with Crippen molar-refractivity contribution in [1.29, 1.82) is 0 Å². The van der Waals surface area contributed by atoms with Crippen molar-refractivity contribution in [1.82, 2.24) is 4.72 Å². The molecular formula is C17H24N2O3S. The minimum atomic E-state index is -3.54. The molecule has 6 heteroatoms. The van der Waals surface area contributed by atoms with Gasteiger partial charge in [0, 0.05) is 11.7 Å². The van der Waals surface area contributed by atoms with E-state index in [-0.39, 0.29) is 28.7 Å². The summed E-state index contributed by atoms with van der Waals surface area (Å²) in [5.74, 6) is -0.208. The number of amides is 1. The minimum absolute atomic E-state index is 0.0302. The van der Waals surface area contributed by atoms with Crippen molar-refractivity contribution in [3.63, 3.8) is 0 Å². The van der Waals surface area contributed by atoms with E-state index in [1.807, 2.05) is 13.8 Å². The minimum Gasteiger partial charge on any atom is -0.325 e. The van der Waals surface area contributed by atoms with Crippen LogP contribution in [-0.4, -0.2) is 20.4 Å². The molecule has 0 saturated heterocycles. The fourth-order valence-electron chi connectivity index (χ4n) is 3.60. The molecule has 5 nitrogen and oxygen atoms in total. The quantitative estimate of drug-likeness (QED) is 0.887. The molecule has 3 rings (SSSR count). The lowest BCUT2D eigenvalue weighted by Crippen LogP contribution is -2.36. The number of benzene rings is 1. The smallest absolute Gasteiger partial charge is 0.240 e. The second-order valence-corrected chi connectivity index (χ2v) is 8.63. The zero-order chi connectivity index (χ0) is 16.6. The van der Waals surface area contributed by atoms with E-state index in [0.29, 0.717) is 0 Å².